The van der Waals surface area contributed by atoms with E-state index in [2.05, 4.69) is 0 Å². The third kappa shape index (κ3) is 3.70. The average molecular weight is 275 g/mol. The van der Waals surface area contributed by atoms with Gasteiger partial charge in [0.15, 0.2) is 0 Å². The van der Waals surface area contributed by atoms with Gasteiger partial charge in [-0.3, -0.25) is 0 Å². The van der Waals surface area contributed by atoms with Crippen LogP contribution >= 0.6 is 0 Å². The zero-order chi connectivity index (χ0) is 14.9. The van der Waals surface area contributed by atoms with Gasteiger partial charge in [-0.1, -0.05) is 39.0 Å². The molecule has 0 aliphatic heterocycles. The van der Waals surface area contributed by atoms with Gasteiger partial charge in [0.05, 0.1) is 11.2 Å². The summed E-state index contributed by atoms with van der Waals surface area (Å²) in [7, 11) is 0. The Morgan fingerprint density at radius 3 is 2.16 bits per heavy atom. The average Bonchev–Trinajstić information content (AvgIpc) is 2.26. The van der Waals surface area contributed by atoms with Crippen molar-refractivity contribution in [2.75, 3.05) is 6.54 Å². The van der Waals surface area contributed by atoms with Crippen molar-refractivity contribution < 1.29 is 18.3 Å². The second kappa shape index (κ2) is 5.13. The monoisotopic (exact) mass is 275 g/mol. The molecule has 1 aromatic rings. The molecule has 0 fully saturated rings. The molecule has 3 N–H and O–H groups in total. The van der Waals surface area contributed by atoms with E-state index >= 15 is 0 Å². The van der Waals surface area contributed by atoms with E-state index in [0.29, 0.717) is 5.56 Å². The molecule has 19 heavy (non-hydrogen) atoms. The van der Waals surface area contributed by atoms with Gasteiger partial charge < -0.3 is 10.8 Å². The normalized spacial score (nSPS) is 16.2. The van der Waals surface area contributed by atoms with Gasteiger partial charge in [0, 0.05) is 13.0 Å². The SMILES string of the molecule is CC(C)(C)C(O)(CN)Cc1cccc(C(F)(F)F)c1. The van der Waals surface area contributed by atoms with Gasteiger partial charge in [0.25, 0.3) is 0 Å². The van der Waals surface area contributed by atoms with E-state index in [1.54, 1.807) is 6.07 Å². The number of aliphatic hydroxyl groups is 1. The van der Waals surface area contributed by atoms with Crippen LogP contribution < -0.4 is 5.73 Å². The van der Waals surface area contributed by atoms with E-state index in [0.717, 1.165) is 12.1 Å². The summed E-state index contributed by atoms with van der Waals surface area (Å²) in [5.41, 5.74) is 3.55. The van der Waals surface area contributed by atoms with Crippen molar-refractivity contribution in [3.8, 4) is 0 Å². The summed E-state index contributed by atoms with van der Waals surface area (Å²) in [6.07, 6.45) is -4.28. The highest BCUT2D eigenvalue weighted by Gasteiger charge is 2.39. The van der Waals surface area contributed by atoms with Crippen molar-refractivity contribution in [3.05, 3.63) is 35.4 Å². The maximum Gasteiger partial charge on any atom is 0.416 e. The van der Waals surface area contributed by atoms with Gasteiger partial charge in [0.1, 0.15) is 0 Å². The maximum absolute atomic E-state index is 12.6. The van der Waals surface area contributed by atoms with Crippen LogP contribution in [0.5, 0.6) is 0 Å². The van der Waals surface area contributed by atoms with Crippen LogP contribution in [-0.4, -0.2) is 17.3 Å². The molecule has 2 nitrogen and oxygen atoms in total. The molecule has 0 spiro atoms. The Bertz CT molecular complexity index is 437. The predicted molar refractivity (Wildman–Crippen MR) is 68.6 cm³/mol. The van der Waals surface area contributed by atoms with Gasteiger partial charge in [-0.25, -0.2) is 0 Å². The van der Waals surface area contributed by atoms with Crippen LogP contribution in [0, 0.1) is 5.41 Å². The third-order valence-electron chi connectivity index (χ3n) is 3.48. The summed E-state index contributed by atoms with van der Waals surface area (Å²) >= 11 is 0. The van der Waals surface area contributed by atoms with Crippen LogP contribution in [0.25, 0.3) is 0 Å². The lowest BCUT2D eigenvalue weighted by atomic mass is 9.73. The lowest BCUT2D eigenvalue weighted by molar-refractivity contribution is -0.137. The van der Waals surface area contributed by atoms with Crippen LogP contribution in [0.15, 0.2) is 24.3 Å². The van der Waals surface area contributed by atoms with E-state index in [1.165, 1.54) is 6.07 Å². The van der Waals surface area contributed by atoms with Crippen LogP contribution in [0.2, 0.25) is 0 Å². The first kappa shape index (κ1) is 16.0. The van der Waals surface area contributed by atoms with Gasteiger partial charge >= 0.3 is 6.18 Å². The number of halogens is 3. The Balaban J connectivity index is 3.06. The van der Waals surface area contributed by atoms with E-state index < -0.39 is 22.8 Å². The van der Waals surface area contributed by atoms with E-state index in [9.17, 15) is 18.3 Å². The molecule has 0 amide bonds. The van der Waals surface area contributed by atoms with Crippen LogP contribution in [0.4, 0.5) is 13.2 Å². The number of benzene rings is 1. The third-order valence-corrected chi connectivity index (χ3v) is 3.48. The van der Waals surface area contributed by atoms with Gasteiger partial charge in [-0.15, -0.1) is 0 Å². The molecule has 0 radical (unpaired) electrons. The highest BCUT2D eigenvalue weighted by Crippen LogP contribution is 2.34. The van der Waals surface area contributed by atoms with Crippen molar-refractivity contribution in [2.45, 2.75) is 39.0 Å². The second-order valence-corrected chi connectivity index (χ2v) is 5.86. The Labute approximate surface area is 111 Å². The number of hydrogen-bond donors (Lipinski definition) is 2. The highest BCUT2D eigenvalue weighted by atomic mass is 19.4. The smallest absolute Gasteiger partial charge is 0.388 e. The second-order valence-electron chi connectivity index (χ2n) is 5.86. The minimum atomic E-state index is -4.38. The molecule has 1 unspecified atom stereocenters. The van der Waals surface area contributed by atoms with E-state index in [1.807, 2.05) is 20.8 Å². The maximum atomic E-state index is 12.6. The Morgan fingerprint density at radius 1 is 1.16 bits per heavy atom. The molecule has 0 heterocycles. The van der Waals surface area contributed by atoms with Crippen molar-refractivity contribution in [1.29, 1.82) is 0 Å². The van der Waals surface area contributed by atoms with Crippen molar-refractivity contribution in [3.63, 3.8) is 0 Å². The predicted octanol–water partition coefficient (Wildman–Crippen LogP) is 2.98. The Kier molecular flexibility index (Phi) is 4.32. The molecule has 108 valence electrons. The lowest BCUT2D eigenvalue weighted by Crippen LogP contribution is -2.50. The summed E-state index contributed by atoms with van der Waals surface area (Å²) in [6, 6.07) is 4.99. The number of nitrogens with two attached hydrogens (primary N) is 1. The summed E-state index contributed by atoms with van der Waals surface area (Å²) in [5.74, 6) is 0. The fourth-order valence-electron chi connectivity index (χ4n) is 1.84. The topological polar surface area (TPSA) is 46.2 Å². The molecule has 0 aliphatic carbocycles. The number of hydrogen-bond acceptors (Lipinski definition) is 2. The first-order valence-electron chi connectivity index (χ1n) is 6.08. The standard InChI is InChI=1S/C14H20F3NO/c1-12(2,3)13(19,9-18)8-10-5-4-6-11(7-10)14(15,16)17/h4-7,19H,8-9,18H2,1-3H3. The minimum Gasteiger partial charge on any atom is -0.388 e. The molecule has 1 rings (SSSR count). The van der Waals surface area contributed by atoms with Gasteiger partial charge in [0.2, 0.25) is 0 Å². The molecule has 0 bridgehead atoms. The molecule has 0 aliphatic rings. The summed E-state index contributed by atoms with van der Waals surface area (Å²) in [4.78, 5) is 0. The van der Waals surface area contributed by atoms with Gasteiger partial charge in [-0.05, 0) is 17.0 Å². The first-order valence-corrected chi connectivity index (χ1v) is 6.08. The number of alkyl halides is 3. The summed E-state index contributed by atoms with van der Waals surface area (Å²) < 4.78 is 37.9. The van der Waals surface area contributed by atoms with Crippen molar-refractivity contribution in [2.24, 2.45) is 11.1 Å². The first-order chi connectivity index (χ1) is 8.49. The van der Waals surface area contributed by atoms with Crippen molar-refractivity contribution in [1.82, 2.24) is 0 Å². The number of rotatable bonds is 3. The Morgan fingerprint density at radius 2 is 1.74 bits per heavy atom. The minimum absolute atomic E-state index is 0.00720. The highest BCUT2D eigenvalue weighted by molar-refractivity contribution is 5.27. The largest absolute Gasteiger partial charge is 0.416 e. The molecule has 1 atom stereocenters. The van der Waals surface area contributed by atoms with Crippen molar-refractivity contribution >= 4 is 0 Å². The van der Waals surface area contributed by atoms with Crippen LogP contribution in [-0.2, 0) is 12.6 Å². The molecule has 5 heteroatoms. The quantitative estimate of drug-likeness (QED) is 0.890. The van der Waals surface area contributed by atoms with Crippen LogP contribution in [0.1, 0.15) is 31.9 Å². The lowest BCUT2D eigenvalue weighted by Gasteiger charge is -2.39. The van der Waals surface area contributed by atoms with E-state index in [-0.39, 0.29) is 13.0 Å². The molecular formula is C14H20F3NO. The fraction of sp³-hybridized carbons (Fsp3) is 0.571. The zero-order valence-corrected chi connectivity index (χ0v) is 11.4. The zero-order valence-electron chi connectivity index (χ0n) is 11.4. The molecule has 0 aromatic heterocycles. The molecular weight excluding hydrogens is 255 g/mol. The molecule has 1 aromatic carbocycles. The van der Waals surface area contributed by atoms with Gasteiger partial charge in [-0.2, -0.15) is 13.2 Å². The Hall–Kier alpha value is -1.07. The molecule has 0 saturated carbocycles. The summed E-state index contributed by atoms with van der Waals surface area (Å²) in [6.45, 7) is 5.43. The molecule has 0 saturated heterocycles. The van der Waals surface area contributed by atoms with Crippen LogP contribution in [0.3, 0.4) is 0 Å². The van der Waals surface area contributed by atoms with E-state index in [4.69, 9.17) is 5.73 Å². The summed E-state index contributed by atoms with van der Waals surface area (Å²) in [5, 5.41) is 10.5. The fourth-order valence-corrected chi connectivity index (χ4v) is 1.84.